The predicted octanol–water partition coefficient (Wildman–Crippen LogP) is 9.13. The number of carbonyl (C=O) groups is 2. The standard InChI is InChI=1S/C52H46FN11O8S/c1-30-8-21-43(69-3)41(26-30)56-51(66)47(52-57-40-6-4-5-7-44(40)72-52)71-37-17-13-35(14-18-37)50(65)55-36-15-11-34(12-16-36)48-58-49-46(31(2)61-64(49)62-48)60-59-39-19-9-32(28-38(39)53)27-33-10-20-42(45(29-33)73(54,67)68)63-22-24-70-25-23-63/h4-21,26,28-29,47,61H,22-25,27H2,1-3H3,(H,55,65)(H,56,66)(H2,54,67,68). The highest BCUT2D eigenvalue weighted by molar-refractivity contribution is 7.89. The van der Waals surface area contributed by atoms with Crippen LogP contribution < -0.4 is 30.1 Å². The Morgan fingerprint density at radius 2 is 1.63 bits per heavy atom. The lowest BCUT2D eigenvalue weighted by atomic mass is 10.0. The van der Waals surface area contributed by atoms with Crippen LogP contribution >= 0.6 is 0 Å². The number of nitrogens with one attached hydrogen (secondary N) is 3. The van der Waals surface area contributed by atoms with Gasteiger partial charge in [0.2, 0.25) is 21.6 Å². The number of carbonyl (C=O) groups excluding carboxylic acids is 2. The average molecular weight is 1000 g/mol. The number of oxazole rings is 1. The molecule has 0 saturated carbocycles. The van der Waals surface area contributed by atoms with Gasteiger partial charge in [-0.15, -0.1) is 15.3 Å². The summed E-state index contributed by atoms with van der Waals surface area (Å²) in [5.41, 5.74) is 6.92. The van der Waals surface area contributed by atoms with Crippen molar-refractivity contribution in [2.45, 2.75) is 31.3 Å². The maximum atomic E-state index is 15.5. The van der Waals surface area contributed by atoms with E-state index in [1.165, 1.54) is 29.9 Å². The molecule has 0 spiro atoms. The number of amides is 2. The Balaban J connectivity index is 0.788. The Hall–Kier alpha value is -8.79. The number of azo groups is 1. The van der Waals surface area contributed by atoms with Crippen molar-refractivity contribution in [3.05, 3.63) is 167 Å². The smallest absolute Gasteiger partial charge is 0.275 e. The first-order valence-electron chi connectivity index (χ1n) is 22.9. The van der Waals surface area contributed by atoms with Gasteiger partial charge in [-0.2, -0.15) is 4.63 Å². The Labute approximate surface area is 416 Å². The number of halogens is 1. The van der Waals surface area contributed by atoms with Crippen LogP contribution in [0.4, 0.5) is 32.8 Å². The van der Waals surface area contributed by atoms with E-state index in [-0.39, 0.29) is 28.6 Å². The average Bonchev–Trinajstić information content (AvgIpc) is 4.09. The molecule has 1 atom stereocenters. The monoisotopic (exact) mass is 1000 g/mol. The number of hydrogen-bond donors (Lipinski definition) is 4. The lowest BCUT2D eigenvalue weighted by Crippen LogP contribution is -2.37. The van der Waals surface area contributed by atoms with Gasteiger partial charge in [0.1, 0.15) is 27.6 Å². The number of fused-ring (bicyclic) bond motifs is 2. The minimum Gasteiger partial charge on any atom is -0.495 e. The van der Waals surface area contributed by atoms with Crippen LogP contribution in [-0.4, -0.2) is 78.4 Å². The van der Waals surface area contributed by atoms with Crippen molar-refractivity contribution in [1.82, 2.24) is 24.8 Å². The van der Waals surface area contributed by atoms with E-state index >= 15 is 4.39 Å². The zero-order valence-corrected chi connectivity index (χ0v) is 40.3. The number of H-pyrrole nitrogens is 1. The summed E-state index contributed by atoms with van der Waals surface area (Å²) >= 11 is 0. The number of nitrogens with zero attached hydrogens (tertiary/aromatic N) is 7. The van der Waals surface area contributed by atoms with E-state index < -0.39 is 33.8 Å². The highest BCUT2D eigenvalue weighted by Crippen LogP contribution is 2.33. The fourth-order valence-corrected chi connectivity index (χ4v) is 9.07. The summed E-state index contributed by atoms with van der Waals surface area (Å²) in [5.74, 6) is -0.406. The molecule has 370 valence electrons. The molecule has 0 radical (unpaired) electrons. The molecule has 3 aromatic heterocycles. The zero-order valence-electron chi connectivity index (χ0n) is 39.5. The number of aromatic amines is 1. The molecule has 9 aromatic rings. The van der Waals surface area contributed by atoms with Gasteiger partial charge >= 0.3 is 0 Å². The molecule has 0 bridgehead atoms. The molecule has 10 rings (SSSR count). The number of primary sulfonamides is 1. The summed E-state index contributed by atoms with van der Waals surface area (Å²) in [6.45, 7) is 5.70. The van der Waals surface area contributed by atoms with Gasteiger partial charge in [0.15, 0.2) is 22.9 Å². The third-order valence-corrected chi connectivity index (χ3v) is 12.9. The van der Waals surface area contributed by atoms with Crippen LogP contribution in [0.25, 0.3) is 28.1 Å². The van der Waals surface area contributed by atoms with Crippen LogP contribution in [0, 0.1) is 19.7 Å². The number of benzene rings is 6. The predicted molar refractivity (Wildman–Crippen MR) is 270 cm³/mol. The van der Waals surface area contributed by atoms with Crippen molar-refractivity contribution >= 4 is 67.0 Å². The Morgan fingerprint density at radius 3 is 2.37 bits per heavy atom. The van der Waals surface area contributed by atoms with E-state index in [9.17, 15) is 18.0 Å². The first kappa shape index (κ1) is 47.9. The highest BCUT2D eigenvalue weighted by Gasteiger charge is 2.30. The topological polar surface area (TPSA) is 246 Å². The van der Waals surface area contributed by atoms with Gasteiger partial charge in [0, 0.05) is 29.9 Å². The van der Waals surface area contributed by atoms with Crippen molar-refractivity contribution in [2.24, 2.45) is 15.4 Å². The van der Waals surface area contributed by atoms with Gasteiger partial charge in [-0.1, -0.05) is 30.3 Å². The molecule has 2 amide bonds. The van der Waals surface area contributed by atoms with E-state index in [0.717, 1.165) is 5.56 Å². The van der Waals surface area contributed by atoms with Gasteiger partial charge in [-0.05, 0) is 134 Å². The molecular weight excluding hydrogens is 958 g/mol. The second-order valence-corrected chi connectivity index (χ2v) is 18.7. The SMILES string of the molecule is COc1ccc(C)cc1NC(=O)C(Oc1ccc(C(=O)Nc2ccc(-c3nc4c(N=Nc5ccc(Cc6ccc(N7CCOCC7)c(S(N)(=O)=O)c6)cc5F)c(C)[nH]n4n3)cc2)cc1)c1nc2ccccc2o1. The Morgan fingerprint density at radius 1 is 0.877 bits per heavy atom. The number of nitrogens with two attached hydrogens (primary N) is 1. The number of hydrogen-bond acceptors (Lipinski definition) is 14. The van der Waals surface area contributed by atoms with Gasteiger partial charge in [0.05, 0.1) is 37.4 Å². The third kappa shape index (κ3) is 10.5. The van der Waals surface area contributed by atoms with Crippen LogP contribution in [0.15, 0.2) is 147 Å². The highest BCUT2D eigenvalue weighted by atomic mass is 32.2. The fourth-order valence-electron chi connectivity index (χ4n) is 8.27. The lowest BCUT2D eigenvalue weighted by Gasteiger charge is -2.30. The van der Waals surface area contributed by atoms with Crippen molar-refractivity contribution in [3.8, 4) is 22.9 Å². The number of ether oxygens (including phenoxy) is 3. The maximum Gasteiger partial charge on any atom is 0.275 e. The number of anilines is 3. The maximum absolute atomic E-state index is 15.5. The molecular formula is C52H46FN11O8S. The minimum absolute atomic E-state index is 0.00617. The lowest BCUT2D eigenvalue weighted by molar-refractivity contribution is -0.123. The van der Waals surface area contributed by atoms with Gasteiger partial charge in [0.25, 0.3) is 17.9 Å². The number of rotatable bonds is 15. The molecule has 4 heterocycles. The number of morpholine rings is 1. The zero-order chi connectivity index (χ0) is 50.8. The van der Waals surface area contributed by atoms with Crippen molar-refractivity contribution < 1.29 is 41.0 Å². The minimum atomic E-state index is -4.04. The van der Waals surface area contributed by atoms with E-state index in [1.54, 1.807) is 104 Å². The number of para-hydroxylation sites is 2. The summed E-state index contributed by atoms with van der Waals surface area (Å²) in [4.78, 5) is 38.3. The van der Waals surface area contributed by atoms with E-state index in [4.69, 9.17) is 23.8 Å². The molecule has 21 heteroatoms. The number of methoxy groups -OCH3 is 1. The number of aromatic nitrogens is 5. The molecule has 1 saturated heterocycles. The van der Waals surface area contributed by atoms with Crippen LogP contribution in [-0.2, 0) is 26.0 Å². The van der Waals surface area contributed by atoms with Crippen LogP contribution in [0.5, 0.6) is 11.5 Å². The molecule has 1 unspecified atom stereocenters. The molecule has 73 heavy (non-hydrogen) atoms. The Kier molecular flexibility index (Phi) is 13.2. The van der Waals surface area contributed by atoms with E-state index in [1.807, 2.05) is 24.0 Å². The van der Waals surface area contributed by atoms with Crippen LogP contribution in [0.3, 0.4) is 0 Å². The summed E-state index contributed by atoms with van der Waals surface area (Å²) in [6.07, 6.45) is -1.05. The van der Waals surface area contributed by atoms with Crippen LogP contribution in [0.2, 0.25) is 0 Å². The van der Waals surface area contributed by atoms with Gasteiger partial charge < -0.3 is 34.2 Å². The fraction of sp³-hybridized carbons (Fsp3) is 0.173. The van der Waals surface area contributed by atoms with Gasteiger partial charge in [-0.25, -0.2) is 27.9 Å². The molecule has 5 N–H and O–H groups in total. The first-order valence-corrected chi connectivity index (χ1v) is 24.4. The van der Waals surface area contributed by atoms with Crippen molar-refractivity contribution in [2.75, 3.05) is 48.9 Å². The molecule has 1 aliphatic rings. The third-order valence-electron chi connectivity index (χ3n) is 12.0. The number of sulfonamides is 1. The largest absolute Gasteiger partial charge is 0.495 e. The van der Waals surface area contributed by atoms with Crippen LogP contribution in [0.1, 0.15) is 44.7 Å². The second-order valence-electron chi connectivity index (χ2n) is 17.1. The molecule has 6 aromatic carbocycles. The number of aryl methyl sites for hydroxylation is 2. The summed E-state index contributed by atoms with van der Waals surface area (Å²) in [5, 5.41) is 27.5. The van der Waals surface area contributed by atoms with E-state index in [0.29, 0.717) is 105 Å². The summed E-state index contributed by atoms with van der Waals surface area (Å²) in [6, 6.07) is 35.4. The van der Waals surface area contributed by atoms with Crippen molar-refractivity contribution in [1.29, 1.82) is 0 Å². The molecule has 1 fully saturated rings. The normalized spacial score (nSPS) is 13.4. The van der Waals surface area contributed by atoms with E-state index in [2.05, 4.69) is 41.0 Å². The summed E-state index contributed by atoms with van der Waals surface area (Å²) in [7, 11) is -2.53. The second kappa shape index (κ2) is 20.1. The van der Waals surface area contributed by atoms with Crippen molar-refractivity contribution in [3.63, 3.8) is 0 Å². The molecule has 19 nitrogen and oxygen atoms in total. The van der Waals surface area contributed by atoms with Gasteiger partial charge in [-0.3, -0.25) is 14.7 Å². The summed E-state index contributed by atoms with van der Waals surface area (Å²) < 4.78 is 65.0. The quantitative estimate of drug-likeness (QED) is 0.0703. The molecule has 0 aliphatic carbocycles. The first-order chi connectivity index (χ1) is 35.3. The molecule has 1 aliphatic heterocycles. The Bertz CT molecular complexity index is 3650.